The molecule has 0 aromatic carbocycles. The fourth-order valence-corrected chi connectivity index (χ4v) is 2.11. The van der Waals surface area contributed by atoms with Gasteiger partial charge in [0, 0.05) is 13.0 Å². The van der Waals surface area contributed by atoms with Crippen LogP contribution in [0.25, 0.3) is 0 Å². The molecule has 0 bridgehead atoms. The number of amides is 2. The van der Waals surface area contributed by atoms with E-state index in [0.29, 0.717) is 6.42 Å². The summed E-state index contributed by atoms with van der Waals surface area (Å²) in [6.45, 7) is 1.41. The van der Waals surface area contributed by atoms with Crippen LogP contribution in [0.5, 0.6) is 0 Å². The van der Waals surface area contributed by atoms with Gasteiger partial charge in [0.15, 0.2) is 12.0 Å². The van der Waals surface area contributed by atoms with Gasteiger partial charge in [0.1, 0.15) is 6.04 Å². The van der Waals surface area contributed by atoms with Crippen LogP contribution in [0.2, 0.25) is 0 Å². The first kappa shape index (κ1) is 25.1. The fourth-order valence-electron chi connectivity index (χ4n) is 2.11. The van der Waals surface area contributed by atoms with Crippen molar-refractivity contribution in [2.45, 2.75) is 56.8 Å². The molecule has 2 amide bonds. The number of aliphatic hydroxyl groups excluding tert-OH is 1. The zero-order valence-electron chi connectivity index (χ0n) is 15.5. The van der Waals surface area contributed by atoms with Crippen molar-refractivity contribution < 1.29 is 34.5 Å². The summed E-state index contributed by atoms with van der Waals surface area (Å²) in [6.07, 6.45) is -1.57. The molecule has 0 aliphatic rings. The van der Waals surface area contributed by atoms with Gasteiger partial charge in [-0.15, -0.1) is 0 Å². The van der Waals surface area contributed by atoms with Crippen LogP contribution >= 0.6 is 0 Å². The van der Waals surface area contributed by atoms with Crippen molar-refractivity contribution in [1.29, 1.82) is 0 Å². The number of carboxylic acid groups (broad SMARTS) is 2. The second-order valence-electron chi connectivity index (χ2n) is 6.11. The number of nitrogens with zero attached hydrogens (tertiary/aromatic N) is 1. The number of nitrogens with two attached hydrogens (primary N) is 3. The van der Waals surface area contributed by atoms with Crippen LogP contribution in [0.4, 0.5) is 0 Å². The third-order valence-electron chi connectivity index (χ3n) is 3.63. The highest BCUT2D eigenvalue weighted by molar-refractivity contribution is 5.92. The molecule has 4 unspecified atom stereocenters. The summed E-state index contributed by atoms with van der Waals surface area (Å²) in [5, 5.41) is 31.6. The Morgan fingerprint density at radius 3 is 2.11 bits per heavy atom. The Morgan fingerprint density at radius 2 is 1.64 bits per heavy atom. The monoisotopic (exact) mass is 404 g/mol. The number of rotatable bonds is 13. The smallest absolute Gasteiger partial charge is 0.328 e. The number of aliphatic hydroxyl groups is 1. The largest absolute Gasteiger partial charge is 0.481 e. The first-order chi connectivity index (χ1) is 13.0. The Bertz CT molecular complexity index is 591. The Kier molecular flexibility index (Phi) is 11.2. The van der Waals surface area contributed by atoms with Crippen molar-refractivity contribution in [3.05, 3.63) is 0 Å². The second-order valence-corrected chi connectivity index (χ2v) is 6.11. The molecule has 4 atom stereocenters. The third kappa shape index (κ3) is 10.3. The molecule has 0 heterocycles. The van der Waals surface area contributed by atoms with Gasteiger partial charge < -0.3 is 43.2 Å². The molecule has 11 N–H and O–H groups in total. The number of carbonyl (C=O) groups is 4. The van der Waals surface area contributed by atoms with E-state index in [0.717, 1.165) is 6.92 Å². The van der Waals surface area contributed by atoms with Crippen LogP contribution in [-0.2, 0) is 19.2 Å². The molecule has 0 aliphatic heterocycles. The molecule has 0 rings (SSSR count). The highest BCUT2D eigenvalue weighted by Gasteiger charge is 2.30. The van der Waals surface area contributed by atoms with E-state index < -0.39 is 54.4 Å². The van der Waals surface area contributed by atoms with E-state index in [2.05, 4.69) is 15.6 Å². The minimum atomic E-state index is -1.62. The lowest BCUT2D eigenvalue weighted by atomic mass is 10.1. The minimum Gasteiger partial charge on any atom is -0.481 e. The molecule has 0 aliphatic carbocycles. The van der Waals surface area contributed by atoms with E-state index in [1.165, 1.54) is 0 Å². The van der Waals surface area contributed by atoms with E-state index in [9.17, 15) is 24.3 Å². The van der Waals surface area contributed by atoms with E-state index >= 15 is 0 Å². The first-order valence-corrected chi connectivity index (χ1v) is 8.50. The SMILES string of the molecule is CC(O)C(NC(=O)C(CCC(=O)O)NC(=O)C(N)CCCN=C(N)N)C(=O)O. The molecule has 0 aromatic rings. The van der Waals surface area contributed by atoms with E-state index in [-0.39, 0.29) is 25.3 Å². The lowest BCUT2D eigenvalue weighted by Crippen LogP contribution is -2.56. The van der Waals surface area contributed by atoms with Gasteiger partial charge in [-0.2, -0.15) is 0 Å². The van der Waals surface area contributed by atoms with Crippen LogP contribution in [0, 0.1) is 0 Å². The number of carbonyl (C=O) groups excluding carboxylic acids is 2. The van der Waals surface area contributed by atoms with Gasteiger partial charge in [-0.1, -0.05) is 0 Å². The lowest BCUT2D eigenvalue weighted by molar-refractivity contribution is -0.145. The Labute approximate surface area is 161 Å². The summed E-state index contributed by atoms with van der Waals surface area (Å²) in [5.74, 6) is -4.47. The van der Waals surface area contributed by atoms with Gasteiger partial charge in [0.2, 0.25) is 11.8 Å². The topological polar surface area (TPSA) is 243 Å². The van der Waals surface area contributed by atoms with Crippen molar-refractivity contribution in [3.8, 4) is 0 Å². The zero-order chi connectivity index (χ0) is 21.9. The molecular formula is C15H28N6O7. The van der Waals surface area contributed by atoms with Crippen molar-refractivity contribution in [2.75, 3.05) is 6.54 Å². The molecule has 160 valence electrons. The molecule has 0 saturated heterocycles. The van der Waals surface area contributed by atoms with Crippen LogP contribution < -0.4 is 27.8 Å². The van der Waals surface area contributed by atoms with E-state index in [4.69, 9.17) is 27.4 Å². The quantitative estimate of drug-likeness (QED) is 0.0861. The molecule has 13 nitrogen and oxygen atoms in total. The normalized spacial score (nSPS) is 14.8. The molecule has 0 saturated carbocycles. The average molecular weight is 404 g/mol. The number of aliphatic carboxylic acids is 2. The summed E-state index contributed by atoms with van der Waals surface area (Å²) in [6, 6.07) is -3.97. The molecule has 0 fully saturated rings. The summed E-state index contributed by atoms with van der Waals surface area (Å²) in [7, 11) is 0. The van der Waals surface area contributed by atoms with Gasteiger partial charge in [0.05, 0.1) is 12.1 Å². The van der Waals surface area contributed by atoms with Gasteiger partial charge in [-0.25, -0.2) is 4.79 Å². The summed E-state index contributed by atoms with van der Waals surface area (Å²) < 4.78 is 0. The highest BCUT2D eigenvalue weighted by atomic mass is 16.4. The number of hydrogen-bond donors (Lipinski definition) is 8. The van der Waals surface area contributed by atoms with Gasteiger partial charge in [-0.3, -0.25) is 19.4 Å². The molecule has 28 heavy (non-hydrogen) atoms. The van der Waals surface area contributed by atoms with Crippen molar-refractivity contribution >= 4 is 29.7 Å². The fraction of sp³-hybridized carbons (Fsp3) is 0.667. The van der Waals surface area contributed by atoms with E-state index in [1.807, 2.05) is 0 Å². The zero-order valence-corrected chi connectivity index (χ0v) is 15.5. The van der Waals surface area contributed by atoms with Crippen LogP contribution in [-0.4, -0.2) is 75.8 Å². The standard InChI is InChI=1S/C15H28N6O7/c1-7(22)11(14(27)28)21-13(26)9(4-5-10(23)24)20-12(25)8(16)3-2-6-19-15(17)18/h7-9,11,22H,2-6,16H2,1H3,(H,20,25)(H,21,26)(H,23,24)(H,27,28)(H4,17,18,19). The number of carboxylic acids is 2. The van der Waals surface area contributed by atoms with Gasteiger partial charge in [0.25, 0.3) is 0 Å². The highest BCUT2D eigenvalue weighted by Crippen LogP contribution is 2.03. The molecule has 13 heteroatoms. The predicted molar refractivity (Wildman–Crippen MR) is 97.9 cm³/mol. The van der Waals surface area contributed by atoms with Crippen molar-refractivity contribution in [3.63, 3.8) is 0 Å². The number of hydrogen-bond acceptors (Lipinski definition) is 7. The number of guanidine groups is 1. The maximum absolute atomic E-state index is 12.3. The van der Waals surface area contributed by atoms with E-state index in [1.54, 1.807) is 0 Å². The molecule has 0 aromatic heterocycles. The summed E-state index contributed by atoms with van der Waals surface area (Å²) in [4.78, 5) is 50.1. The Hall–Kier alpha value is -2.93. The number of nitrogens with one attached hydrogen (secondary N) is 2. The van der Waals surface area contributed by atoms with Gasteiger partial charge in [-0.05, 0) is 26.2 Å². The average Bonchev–Trinajstić information content (AvgIpc) is 2.58. The third-order valence-corrected chi connectivity index (χ3v) is 3.63. The maximum atomic E-state index is 12.3. The summed E-state index contributed by atoms with van der Waals surface area (Å²) in [5.41, 5.74) is 16.1. The van der Waals surface area contributed by atoms with Crippen LogP contribution in [0.15, 0.2) is 4.99 Å². The molecular weight excluding hydrogens is 376 g/mol. The van der Waals surface area contributed by atoms with Crippen molar-refractivity contribution in [2.24, 2.45) is 22.2 Å². The minimum absolute atomic E-state index is 0.102. The van der Waals surface area contributed by atoms with Crippen LogP contribution in [0.1, 0.15) is 32.6 Å². The maximum Gasteiger partial charge on any atom is 0.328 e. The second kappa shape index (κ2) is 12.5. The van der Waals surface area contributed by atoms with Crippen molar-refractivity contribution in [1.82, 2.24) is 10.6 Å². The summed E-state index contributed by atoms with van der Waals surface area (Å²) >= 11 is 0. The Balaban J connectivity index is 4.96. The number of aliphatic imine (C=N–C) groups is 1. The predicted octanol–water partition coefficient (Wildman–Crippen LogP) is -3.33. The molecule has 0 radical (unpaired) electrons. The lowest BCUT2D eigenvalue weighted by Gasteiger charge is -2.23. The van der Waals surface area contributed by atoms with Crippen LogP contribution in [0.3, 0.4) is 0 Å². The van der Waals surface area contributed by atoms with Gasteiger partial charge >= 0.3 is 11.9 Å². The Morgan fingerprint density at radius 1 is 1.04 bits per heavy atom. The first-order valence-electron chi connectivity index (χ1n) is 8.50. The molecule has 0 spiro atoms.